The van der Waals surface area contributed by atoms with Gasteiger partial charge in [-0.25, -0.2) is 0 Å². The zero-order valence-electron chi connectivity index (χ0n) is 14.1. The predicted molar refractivity (Wildman–Crippen MR) is 95.2 cm³/mol. The summed E-state index contributed by atoms with van der Waals surface area (Å²) in [7, 11) is 0. The first-order chi connectivity index (χ1) is 12.2. The largest absolute Gasteiger partial charge is 0.466 e. The van der Waals surface area contributed by atoms with Crippen molar-refractivity contribution >= 4 is 17.8 Å². The fourth-order valence-electron chi connectivity index (χ4n) is 2.63. The Labute approximate surface area is 147 Å². The quantitative estimate of drug-likeness (QED) is 0.560. The first-order valence-corrected chi connectivity index (χ1v) is 8.39. The third kappa shape index (κ3) is 4.57. The van der Waals surface area contributed by atoms with E-state index in [-0.39, 0.29) is 23.6 Å². The minimum Gasteiger partial charge on any atom is -0.466 e. The number of para-hydroxylation sites is 1. The second-order valence-corrected chi connectivity index (χ2v) is 5.92. The van der Waals surface area contributed by atoms with E-state index in [1.807, 2.05) is 54.6 Å². The van der Waals surface area contributed by atoms with Gasteiger partial charge in [0.1, 0.15) is 11.5 Å². The van der Waals surface area contributed by atoms with Crippen molar-refractivity contribution in [1.82, 2.24) is 0 Å². The standard InChI is InChI=1S/C21H20O4/c1-2-24-21(23)19-14-18(19)20(22)12-11-15-7-6-10-17(13-15)25-16-8-4-3-5-9-16/h3-13,18-19H,2,14H2,1H3/b12-11+/t18-,19-/m0/s1. The van der Waals surface area contributed by atoms with Crippen molar-refractivity contribution in [2.24, 2.45) is 11.8 Å². The molecular weight excluding hydrogens is 316 g/mol. The van der Waals surface area contributed by atoms with Crippen LogP contribution in [0.4, 0.5) is 0 Å². The van der Waals surface area contributed by atoms with E-state index in [9.17, 15) is 9.59 Å². The monoisotopic (exact) mass is 336 g/mol. The number of carbonyl (C=O) groups excluding carboxylic acids is 2. The van der Waals surface area contributed by atoms with Gasteiger partial charge in [-0.1, -0.05) is 36.4 Å². The summed E-state index contributed by atoms with van der Waals surface area (Å²) in [6.07, 6.45) is 3.87. The lowest BCUT2D eigenvalue weighted by molar-refractivity contribution is -0.145. The minimum atomic E-state index is -0.273. The van der Waals surface area contributed by atoms with E-state index in [1.54, 1.807) is 13.0 Å². The molecule has 1 aliphatic rings. The summed E-state index contributed by atoms with van der Waals surface area (Å²) in [5.41, 5.74) is 0.870. The van der Waals surface area contributed by atoms with Crippen LogP contribution in [0.5, 0.6) is 11.5 Å². The Morgan fingerprint density at radius 1 is 1.04 bits per heavy atom. The molecule has 0 saturated heterocycles. The maximum Gasteiger partial charge on any atom is 0.309 e. The highest BCUT2D eigenvalue weighted by atomic mass is 16.5. The summed E-state index contributed by atoms with van der Waals surface area (Å²) < 4.78 is 10.7. The molecule has 2 aromatic carbocycles. The van der Waals surface area contributed by atoms with Gasteiger partial charge in [0.25, 0.3) is 0 Å². The summed E-state index contributed by atoms with van der Waals surface area (Å²) >= 11 is 0. The molecule has 0 bridgehead atoms. The maximum absolute atomic E-state index is 12.1. The molecule has 1 saturated carbocycles. The van der Waals surface area contributed by atoms with Gasteiger partial charge in [-0.05, 0) is 49.2 Å². The Morgan fingerprint density at radius 3 is 2.56 bits per heavy atom. The molecule has 1 fully saturated rings. The molecular formula is C21H20O4. The average Bonchev–Trinajstić information content (AvgIpc) is 3.42. The van der Waals surface area contributed by atoms with E-state index in [4.69, 9.17) is 9.47 Å². The van der Waals surface area contributed by atoms with Gasteiger partial charge in [0, 0.05) is 5.92 Å². The summed E-state index contributed by atoms with van der Waals surface area (Å²) in [6, 6.07) is 17.0. The number of hydrogen-bond acceptors (Lipinski definition) is 4. The first-order valence-electron chi connectivity index (χ1n) is 8.39. The summed E-state index contributed by atoms with van der Waals surface area (Å²) in [5, 5.41) is 0. The minimum absolute atomic E-state index is 0.0348. The SMILES string of the molecule is CCOC(=O)[C@H]1C[C@@H]1C(=O)/C=C/c1cccc(Oc2ccccc2)c1. The fourth-order valence-corrected chi connectivity index (χ4v) is 2.63. The molecule has 0 radical (unpaired) electrons. The summed E-state index contributed by atoms with van der Waals surface area (Å²) in [4.78, 5) is 23.7. The van der Waals surface area contributed by atoms with Crippen LogP contribution in [-0.4, -0.2) is 18.4 Å². The lowest BCUT2D eigenvalue weighted by Crippen LogP contribution is -2.10. The molecule has 0 aliphatic heterocycles. The van der Waals surface area contributed by atoms with Crippen molar-refractivity contribution in [2.45, 2.75) is 13.3 Å². The molecule has 2 atom stereocenters. The number of ketones is 1. The number of allylic oxidation sites excluding steroid dienone is 1. The molecule has 0 heterocycles. The maximum atomic E-state index is 12.1. The van der Waals surface area contributed by atoms with Crippen LogP contribution < -0.4 is 4.74 Å². The highest BCUT2D eigenvalue weighted by molar-refractivity contribution is 6.00. The molecule has 0 spiro atoms. The second kappa shape index (κ2) is 7.79. The summed E-state index contributed by atoms with van der Waals surface area (Å²) in [6.45, 7) is 2.11. The second-order valence-electron chi connectivity index (χ2n) is 5.92. The molecule has 128 valence electrons. The molecule has 1 aliphatic carbocycles. The van der Waals surface area contributed by atoms with E-state index in [0.717, 1.165) is 11.3 Å². The normalized spacial score (nSPS) is 18.8. The van der Waals surface area contributed by atoms with Gasteiger partial charge in [-0.15, -0.1) is 0 Å². The third-order valence-corrected chi connectivity index (χ3v) is 4.02. The molecule has 4 nitrogen and oxygen atoms in total. The van der Waals surface area contributed by atoms with Gasteiger partial charge in [0.05, 0.1) is 12.5 Å². The lowest BCUT2D eigenvalue weighted by Gasteiger charge is -2.05. The Bertz CT molecular complexity index is 779. The Balaban J connectivity index is 1.60. The van der Waals surface area contributed by atoms with Gasteiger partial charge in [0.15, 0.2) is 5.78 Å². The van der Waals surface area contributed by atoms with Gasteiger partial charge < -0.3 is 9.47 Å². The van der Waals surface area contributed by atoms with Gasteiger partial charge in [-0.3, -0.25) is 9.59 Å². The first kappa shape index (κ1) is 17.0. The van der Waals surface area contributed by atoms with Crippen LogP contribution in [0.1, 0.15) is 18.9 Å². The number of benzene rings is 2. The van der Waals surface area contributed by atoms with Gasteiger partial charge >= 0.3 is 5.97 Å². The molecule has 0 amide bonds. The smallest absolute Gasteiger partial charge is 0.309 e. The van der Waals surface area contributed by atoms with E-state index >= 15 is 0 Å². The Morgan fingerprint density at radius 2 is 1.80 bits per heavy atom. The van der Waals surface area contributed by atoms with Crippen LogP contribution in [-0.2, 0) is 14.3 Å². The van der Waals surface area contributed by atoms with Crippen molar-refractivity contribution in [2.75, 3.05) is 6.61 Å². The van der Waals surface area contributed by atoms with Crippen molar-refractivity contribution < 1.29 is 19.1 Å². The zero-order chi connectivity index (χ0) is 17.6. The van der Waals surface area contributed by atoms with Crippen LogP contribution >= 0.6 is 0 Å². The van der Waals surface area contributed by atoms with Crippen LogP contribution in [0.3, 0.4) is 0 Å². The number of hydrogen-bond donors (Lipinski definition) is 0. The predicted octanol–water partition coefficient (Wildman–Crippen LogP) is 4.26. The van der Waals surface area contributed by atoms with E-state index in [0.29, 0.717) is 18.8 Å². The van der Waals surface area contributed by atoms with Crippen LogP contribution in [0, 0.1) is 11.8 Å². The van der Waals surface area contributed by atoms with Crippen molar-refractivity contribution in [3.05, 3.63) is 66.2 Å². The van der Waals surface area contributed by atoms with Crippen molar-refractivity contribution in [3.63, 3.8) is 0 Å². The number of carbonyl (C=O) groups is 2. The lowest BCUT2D eigenvalue weighted by atomic mass is 10.1. The van der Waals surface area contributed by atoms with Gasteiger partial charge in [-0.2, -0.15) is 0 Å². The molecule has 0 N–H and O–H groups in total. The number of rotatable bonds is 7. The zero-order valence-corrected chi connectivity index (χ0v) is 14.1. The van der Waals surface area contributed by atoms with Gasteiger partial charge in [0.2, 0.25) is 0 Å². The number of esters is 1. The highest BCUT2D eigenvalue weighted by Gasteiger charge is 2.47. The third-order valence-electron chi connectivity index (χ3n) is 4.02. The van der Waals surface area contributed by atoms with E-state index < -0.39 is 0 Å². The Kier molecular flexibility index (Phi) is 5.29. The molecule has 2 aromatic rings. The molecule has 3 rings (SSSR count). The summed E-state index contributed by atoms with van der Waals surface area (Å²) in [5.74, 6) is 0.649. The number of ether oxygens (including phenoxy) is 2. The van der Waals surface area contributed by atoms with Crippen LogP contribution in [0.15, 0.2) is 60.7 Å². The molecule has 4 heteroatoms. The average molecular weight is 336 g/mol. The van der Waals surface area contributed by atoms with Crippen LogP contribution in [0.25, 0.3) is 6.08 Å². The Hall–Kier alpha value is -2.88. The molecule has 0 aromatic heterocycles. The highest BCUT2D eigenvalue weighted by Crippen LogP contribution is 2.40. The topological polar surface area (TPSA) is 52.6 Å². The van der Waals surface area contributed by atoms with E-state index in [2.05, 4.69) is 0 Å². The molecule has 0 unspecified atom stereocenters. The van der Waals surface area contributed by atoms with Crippen molar-refractivity contribution in [3.8, 4) is 11.5 Å². The van der Waals surface area contributed by atoms with E-state index in [1.165, 1.54) is 6.08 Å². The fraction of sp³-hybridized carbons (Fsp3) is 0.238. The van der Waals surface area contributed by atoms with Crippen molar-refractivity contribution in [1.29, 1.82) is 0 Å². The molecule has 25 heavy (non-hydrogen) atoms. The van der Waals surface area contributed by atoms with Crippen LogP contribution in [0.2, 0.25) is 0 Å².